The highest BCUT2D eigenvalue weighted by Gasteiger charge is 2.09. The van der Waals surface area contributed by atoms with Gasteiger partial charge in [0.05, 0.1) is 11.4 Å². The van der Waals surface area contributed by atoms with Crippen molar-refractivity contribution in [1.82, 2.24) is 9.97 Å². The average Bonchev–Trinajstić information content (AvgIpc) is 2.33. The van der Waals surface area contributed by atoms with Gasteiger partial charge in [-0.2, -0.15) is 4.98 Å². The Morgan fingerprint density at radius 3 is 2.74 bits per heavy atom. The number of nitrogens with two attached hydrogens (primary N) is 1. The van der Waals surface area contributed by atoms with Crippen LogP contribution in [0.5, 0.6) is 0 Å². The molecule has 0 aliphatic carbocycles. The van der Waals surface area contributed by atoms with Crippen LogP contribution in [0, 0.1) is 18.6 Å². The van der Waals surface area contributed by atoms with Crippen molar-refractivity contribution >= 4 is 23.1 Å². The lowest BCUT2D eigenvalue weighted by Gasteiger charge is -2.10. The number of aryl methyl sites for hydroxylation is 1. The topological polar surface area (TPSA) is 63.8 Å². The van der Waals surface area contributed by atoms with Crippen molar-refractivity contribution in [2.45, 2.75) is 13.5 Å². The first-order chi connectivity index (χ1) is 8.97. The fourth-order valence-electron chi connectivity index (χ4n) is 1.53. The summed E-state index contributed by atoms with van der Waals surface area (Å²) in [6.45, 7) is 1.80. The van der Waals surface area contributed by atoms with Crippen LogP contribution < -0.4 is 11.1 Å². The molecule has 0 aliphatic heterocycles. The number of aromatic nitrogens is 2. The summed E-state index contributed by atoms with van der Waals surface area (Å²) >= 11 is 5.71. The molecule has 2 rings (SSSR count). The lowest BCUT2D eigenvalue weighted by atomic mass is 10.2. The Hall–Kier alpha value is -1.95. The van der Waals surface area contributed by atoms with Crippen molar-refractivity contribution in [3.05, 3.63) is 46.4 Å². The van der Waals surface area contributed by atoms with Crippen molar-refractivity contribution in [3.63, 3.8) is 0 Å². The SMILES string of the molecule is Cc1nc(Cl)nc(NCc2ccc(F)cc2F)c1N. The zero-order valence-corrected chi connectivity index (χ0v) is 10.8. The van der Waals surface area contributed by atoms with Gasteiger partial charge < -0.3 is 11.1 Å². The molecule has 0 amide bonds. The van der Waals surface area contributed by atoms with Crippen LogP contribution in [0.25, 0.3) is 0 Å². The predicted molar refractivity (Wildman–Crippen MR) is 69.9 cm³/mol. The molecule has 1 aromatic heterocycles. The summed E-state index contributed by atoms with van der Waals surface area (Å²) in [6.07, 6.45) is 0. The van der Waals surface area contributed by atoms with E-state index in [4.69, 9.17) is 17.3 Å². The van der Waals surface area contributed by atoms with Crippen molar-refractivity contribution in [2.24, 2.45) is 0 Å². The molecule has 4 nitrogen and oxygen atoms in total. The molecule has 0 unspecified atom stereocenters. The fourth-order valence-corrected chi connectivity index (χ4v) is 1.74. The maximum Gasteiger partial charge on any atom is 0.224 e. The first kappa shape index (κ1) is 13.5. The zero-order valence-electron chi connectivity index (χ0n) is 10.0. The van der Waals surface area contributed by atoms with Gasteiger partial charge in [0.15, 0.2) is 5.82 Å². The number of halogens is 3. The number of hydrogen-bond acceptors (Lipinski definition) is 4. The Bertz CT molecular complexity index is 619. The van der Waals surface area contributed by atoms with E-state index in [1.807, 2.05) is 0 Å². The molecule has 0 saturated heterocycles. The Morgan fingerprint density at radius 2 is 2.05 bits per heavy atom. The summed E-state index contributed by atoms with van der Waals surface area (Å²) in [5.41, 5.74) is 6.95. The molecule has 3 N–H and O–H groups in total. The van der Waals surface area contributed by atoms with E-state index in [0.717, 1.165) is 6.07 Å². The van der Waals surface area contributed by atoms with Crippen molar-refractivity contribution < 1.29 is 8.78 Å². The molecule has 100 valence electrons. The largest absolute Gasteiger partial charge is 0.394 e. The van der Waals surface area contributed by atoms with Gasteiger partial charge in [0, 0.05) is 18.2 Å². The molecule has 7 heteroatoms. The van der Waals surface area contributed by atoms with E-state index in [1.165, 1.54) is 12.1 Å². The van der Waals surface area contributed by atoms with E-state index in [9.17, 15) is 8.78 Å². The van der Waals surface area contributed by atoms with Gasteiger partial charge in [0.2, 0.25) is 5.28 Å². The molecule has 0 spiro atoms. The van der Waals surface area contributed by atoms with E-state index in [0.29, 0.717) is 22.8 Å². The highest BCUT2D eigenvalue weighted by atomic mass is 35.5. The number of nitrogens with zero attached hydrogens (tertiary/aromatic N) is 2. The normalized spacial score (nSPS) is 10.5. The Labute approximate surface area is 113 Å². The molecule has 19 heavy (non-hydrogen) atoms. The maximum atomic E-state index is 13.4. The number of benzene rings is 1. The van der Waals surface area contributed by atoms with Crippen LogP contribution in [-0.4, -0.2) is 9.97 Å². The maximum absolute atomic E-state index is 13.4. The summed E-state index contributed by atoms with van der Waals surface area (Å²) in [6, 6.07) is 3.35. The molecule has 0 aliphatic rings. The van der Waals surface area contributed by atoms with Crippen molar-refractivity contribution in [2.75, 3.05) is 11.1 Å². The van der Waals surface area contributed by atoms with Crippen molar-refractivity contribution in [1.29, 1.82) is 0 Å². The molecule has 0 radical (unpaired) electrons. The number of rotatable bonds is 3. The summed E-state index contributed by atoms with van der Waals surface area (Å²) in [7, 11) is 0. The molecular weight excluding hydrogens is 274 g/mol. The molecule has 0 saturated carbocycles. The minimum absolute atomic E-state index is 0.0498. The van der Waals surface area contributed by atoms with Crippen molar-refractivity contribution in [3.8, 4) is 0 Å². The number of nitrogens with one attached hydrogen (secondary N) is 1. The average molecular weight is 285 g/mol. The van der Waals surface area contributed by atoms with Crippen LogP contribution in [-0.2, 0) is 6.54 Å². The quantitative estimate of drug-likeness (QED) is 0.851. The first-order valence-corrected chi connectivity index (χ1v) is 5.82. The molecular formula is C12H11ClF2N4. The standard InChI is InChI=1S/C12H11ClF2N4/c1-6-10(16)11(19-12(13)18-6)17-5-7-2-3-8(14)4-9(7)15/h2-4H,5,16H2,1H3,(H,17,18,19). The van der Waals surface area contributed by atoms with E-state index in [2.05, 4.69) is 15.3 Å². The van der Waals surface area contributed by atoms with Crippen LogP contribution in [0.2, 0.25) is 5.28 Å². The van der Waals surface area contributed by atoms with Crippen LogP contribution in [0.3, 0.4) is 0 Å². The Balaban J connectivity index is 2.19. The number of hydrogen-bond donors (Lipinski definition) is 2. The molecule has 2 aromatic rings. The molecule has 0 bridgehead atoms. The third kappa shape index (κ3) is 3.08. The van der Waals surface area contributed by atoms with E-state index in [1.54, 1.807) is 6.92 Å². The van der Waals surface area contributed by atoms with Crippen LogP contribution >= 0.6 is 11.6 Å². The second-order valence-corrected chi connectivity index (χ2v) is 4.27. The van der Waals surface area contributed by atoms with Gasteiger partial charge in [-0.1, -0.05) is 6.07 Å². The van der Waals surface area contributed by atoms with Gasteiger partial charge in [-0.15, -0.1) is 0 Å². The predicted octanol–water partition coefficient (Wildman–Crippen LogP) is 2.91. The van der Waals surface area contributed by atoms with Crippen LogP contribution in [0.1, 0.15) is 11.3 Å². The number of anilines is 2. The van der Waals surface area contributed by atoms with Crippen LogP contribution in [0.15, 0.2) is 18.2 Å². The van der Waals surface area contributed by atoms with Gasteiger partial charge >= 0.3 is 0 Å². The van der Waals surface area contributed by atoms with Gasteiger partial charge in [0.25, 0.3) is 0 Å². The summed E-state index contributed by atoms with van der Waals surface area (Å²) in [5, 5.41) is 2.90. The van der Waals surface area contributed by atoms with Crippen LogP contribution in [0.4, 0.5) is 20.3 Å². The Kier molecular flexibility index (Phi) is 3.80. The second-order valence-electron chi connectivity index (χ2n) is 3.93. The lowest BCUT2D eigenvalue weighted by Crippen LogP contribution is -2.08. The smallest absolute Gasteiger partial charge is 0.224 e. The third-order valence-corrected chi connectivity index (χ3v) is 2.74. The lowest BCUT2D eigenvalue weighted by molar-refractivity contribution is 0.574. The molecule has 1 aromatic carbocycles. The molecule has 0 atom stereocenters. The minimum Gasteiger partial charge on any atom is -0.394 e. The fraction of sp³-hybridized carbons (Fsp3) is 0.167. The van der Waals surface area contributed by atoms with Gasteiger partial charge in [-0.05, 0) is 24.6 Å². The zero-order chi connectivity index (χ0) is 14.0. The molecule has 1 heterocycles. The number of nitrogen functional groups attached to an aromatic ring is 1. The van der Waals surface area contributed by atoms with E-state index < -0.39 is 11.6 Å². The molecule has 0 fully saturated rings. The minimum atomic E-state index is -0.636. The van der Waals surface area contributed by atoms with Gasteiger partial charge in [0.1, 0.15) is 11.6 Å². The summed E-state index contributed by atoms with van der Waals surface area (Å²) in [5.74, 6) is -0.939. The highest BCUT2D eigenvalue weighted by Crippen LogP contribution is 2.21. The van der Waals surface area contributed by atoms with Gasteiger partial charge in [-0.25, -0.2) is 13.8 Å². The Morgan fingerprint density at radius 1 is 1.32 bits per heavy atom. The van der Waals surface area contributed by atoms with E-state index in [-0.39, 0.29) is 11.8 Å². The van der Waals surface area contributed by atoms with E-state index >= 15 is 0 Å². The highest BCUT2D eigenvalue weighted by molar-refractivity contribution is 6.28. The second kappa shape index (κ2) is 5.36. The summed E-state index contributed by atoms with van der Waals surface area (Å²) in [4.78, 5) is 7.80. The monoisotopic (exact) mass is 284 g/mol. The first-order valence-electron chi connectivity index (χ1n) is 5.45. The van der Waals surface area contributed by atoms with Gasteiger partial charge in [-0.3, -0.25) is 0 Å². The summed E-state index contributed by atoms with van der Waals surface area (Å²) < 4.78 is 26.2. The third-order valence-electron chi connectivity index (χ3n) is 2.57.